The van der Waals surface area contributed by atoms with Gasteiger partial charge in [0.1, 0.15) is 0 Å². The highest BCUT2D eigenvalue weighted by Crippen LogP contribution is 2.29. The van der Waals surface area contributed by atoms with E-state index in [2.05, 4.69) is 0 Å². The third-order valence-corrected chi connectivity index (χ3v) is 3.07. The summed E-state index contributed by atoms with van der Waals surface area (Å²) in [5, 5.41) is 0. The molecule has 0 aromatic heterocycles. The Kier molecular flexibility index (Phi) is 4.61. The van der Waals surface area contributed by atoms with Gasteiger partial charge in [-0.3, -0.25) is 4.79 Å². The molecule has 0 heterocycles. The van der Waals surface area contributed by atoms with Crippen molar-refractivity contribution >= 4 is 17.6 Å². The molecule has 0 fully saturated rings. The van der Waals surface area contributed by atoms with Crippen LogP contribution in [0.5, 0.6) is 11.5 Å². The molecule has 0 aliphatic rings. The molecule has 0 spiro atoms. The van der Waals surface area contributed by atoms with Crippen LogP contribution in [0, 0.1) is 0 Å². The molecule has 2 aromatic carbocycles. The van der Waals surface area contributed by atoms with Crippen LogP contribution in [-0.2, 0) is 4.79 Å². The Hall–Kier alpha value is -2.75. The van der Waals surface area contributed by atoms with E-state index in [1.54, 1.807) is 32.4 Å². The van der Waals surface area contributed by atoms with Crippen molar-refractivity contribution in [2.24, 2.45) is 5.73 Å². The fourth-order valence-electron chi connectivity index (χ4n) is 2.02. The van der Waals surface area contributed by atoms with E-state index in [-0.39, 0.29) is 0 Å². The summed E-state index contributed by atoms with van der Waals surface area (Å²) < 4.78 is 10.4. The second-order valence-corrected chi connectivity index (χ2v) is 4.40. The quantitative estimate of drug-likeness (QED) is 0.678. The molecule has 0 saturated heterocycles. The molecule has 2 N–H and O–H groups in total. The van der Waals surface area contributed by atoms with E-state index >= 15 is 0 Å². The molecule has 2 aromatic rings. The lowest BCUT2D eigenvalue weighted by molar-refractivity contribution is -0.112. The van der Waals surface area contributed by atoms with E-state index in [4.69, 9.17) is 15.2 Å². The number of carbonyl (C=O) groups excluding carboxylic acids is 1. The minimum absolute atomic E-state index is 0.447. The third kappa shape index (κ3) is 3.42. The van der Waals surface area contributed by atoms with Crippen molar-refractivity contribution in [3.8, 4) is 11.5 Å². The first-order valence-electron chi connectivity index (χ1n) is 6.44. The zero-order valence-electron chi connectivity index (χ0n) is 12.0. The number of primary amides is 1. The highest BCUT2D eigenvalue weighted by Gasteiger charge is 2.09. The number of ether oxygens (including phenoxy) is 2. The van der Waals surface area contributed by atoms with Gasteiger partial charge in [0.15, 0.2) is 11.5 Å². The van der Waals surface area contributed by atoms with E-state index in [0.717, 1.165) is 11.1 Å². The van der Waals surface area contributed by atoms with Gasteiger partial charge in [-0.05, 0) is 29.3 Å². The summed E-state index contributed by atoms with van der Waals surface area (Å²) in [4.78, 5) is 11.7. The lowest BCUT2D eigenvalue weighted by Gasteiger charge is -2.09. The molecule has 108 valence electrons. The lowest BCUT2D eigenvalue weighted by Crippen LogP contribution is -2.12. The second-order valence-electron chi connectivity index (χ2n) is 4.40. The van der Waals surface area contributed by atoms with Crippen LogP contribution in [0.25, 0.3) is 11.6 Å². The van der Waals surface area contributed by atoms with Crippen molar-refractivity contribution < 1.29 is 14.3 Å². The van der Waals surface area contributed by atoms with Gasteiger partial charge in [-0.2, -0.15) is 0 Å². The molecule has 0 aliphatic heterocycles. The standard InChI is InChI=1S/C17H17NO3/c1-20-15-9-8-12(11-16(15)21-2)10-14(17(18)19)13-6-4-3-5-7-13/h3-11H,1-2H3,(H2,18,19). The number of nitrogens with two attached hydrogens (primary N) is 1. The van der Waals surface area contributed by atoms with Crippen LogP contribution in [0.3, 0.4) is 0 Å². The Labute approximate surface area is 123 Å². The monoisotopic (exact) mass is 283 g/mol. The summed E-state index contributed by atoms with van der Waals surface area (Å²) in [5.41, 5.74) is 7.52. The smallest absolute Gasteiger partial charge is 0.249 e. The summed E-state index contributed by atoms with van der Waals surface area (Å²) in [6.45, 7) is 0. The summed E-state index contributed by atoms with van der Waals surface area (Å²) in [7, 11) is 3.14. The zero-order valence-corrected chi connectivity index (χ0v) is 12.0. The molecule has 0 aliphatic carbocycles. The Morgan fingerprint density at radius 1 is 1.00 bits per heavy atom. The number of carbonyl (C=O) groups is 1. The number of methoxy groups -OCH3 is 2. The van der Waals surface area contributed by atoms with E-state index in [0.29, 0.717) is 17.1 Å². The summed E-state index contributed by atoms with van der Waals surface area (Å²) >= 11 is 0. The zero-order chi connectivity index (χ0) is 15.2. The first kappa shape index (κ1) is 14.7. The lowest BCUT2D eigenvalue weighted by atomic mass is 10.0. The maximum absolute atomic E-state index is 11.7. The first-order valence-corrected chi connectivity index (χ1v) is 6.44. The number of rotatable bonds is 5. The van der Waals surface area contributed by atoms with Crippen molar-refractivity contribution in [2.45, 2.75) is 0 Å². The average molecular weight is 283 g/mol. The molecule has 0 bridgehead atoms. The van der Waals surface area contributed by atoms with Gasteiger partial charge in [-0.1, -0.05) is 36.4 Å². The van der Waals surface area contributed by atoms with Gasteiger partial charge in [0.2, 0.25) is 5.91 Å². The van der Waals surface area contributed by atoms with E-state index < -0.39 is 5.91 Å². The largest absolute Gasteiger partial charge is 0.493 e. The van der Waals surface area contributed by atoms with Crippen LogP contribution in [-0.4, -0.2) is 20.1 Å². The van der Waals surface area contributed by atoms with Gasteiger partial charge in [0.25, 0.3) is 0 Å². The van der Waals surface area contributed by atoms with Gasteiger partial charge in [0, 0.05) is 5.57 Å². The van der Waals surface area contributed by atoms with E-state index in [1.165, 1.54) is 0 Å². The molecule has 4 heteroatoms. The molecule has 0 unspecified atom stereocenters. The topological polar surface area (TPSA) is 61.5 Å². The van der Waals surface area contributed by atoms with Crippen LogP contribution < -0.4 is 15.2 Å². The minimum atomic E-state index is -0.476. The average Bonchev–Trinajstić information content (AvgIpc) is 2.52. The van der Waals surface area contributed by atoms with Gasteiger partial charge in [-0.25, -0.2) is 0 Å². The van der Waals surface area contributed by atoms with Gasteiger partial charge < -0.3 is 15.2 Å². The third-order valence-electron chi connectivity index (χ3n) is 3.07. The predicted molar refractivity (Wildman–Crippen MR) is 83.1 cm³/mol. The molecule has 1 amide bonds. The maximum Gasteiger partial charge on any atom is 0.249 e. The number of hydrogen-bond donors (Lipinski definition) is 1. The van der Waals surface area contributed by atoms with E-state index in [1.807, 2.05) is 36.4 Å². The predicted octanol–water partition coefficient (Wildman–Crippen LogP) is 2.73. The van der Waals surface area contributed by atoms with Crippen molar-refractivity contribution in [3.63, 3.8) is 0 Å². The summed E-state index contributed by atoms with van der Waals surface area (Å²) in [6.07, 6.45) is 1.74. The van der Waals surface area contributed by atoms with Crippen LogP contribution in [0.1, 0.15) is 11.1 Å². The SMILES string of the molecule is COc1ccc(C=C(C(N)=O)c2ccccc2)cc1OC. The van der Waals surface area contributed by atoms with Crippen molar-refractivity contribution in [1.29, 1.82) is 0 Å². The van der Waals surface area contributed by atoms with Crippen LogP contribution >= 0.6 is 0 Å². The molecule has 4 nitrogen and oxygen atoms in total. The van der Waals surface area contributed by atoms with Crippen LogP contribution in [0.15, 0.2) is 48.5 Å². The number of hydrogen-bond acceptors (Lipinski definition) is 3. The molecule has 21 heavy (non-hydrogen) atoms. The normalized spacial score (nSPS) is 11.0. The van der Waals surface area contributed by atoms with Crippen molar-refractivity contribution in [1.82, 2.24) is 0 Å². The van der Waals surface area contributed by atoms with Crippen molar-refractivity contribution in [2.75, 3.05) is 14.2 Å². The Bertz CT molecular complexity index is 663. The Balaban J connectivity index is 2.46. The molecule has 2 rings (SSSR count). The highest BCUT2D eigenvalue weighted by molar-refractivity contribution is 6.23. The van der Waals surface area contributed by atoms with Crippen LogP contribution in [0.4, 0.5) is 0 Å². The Morgan fingerprint density at radius 2 is 1.67 bits per heavy atom. The Morgan fingerprint density at radius 3 is 2.24 bits per heavy atom. The van der Waals surface area contributed by atoms with Crippen LogP contribution in [0.2, 0.25) is 0 Å². The van der Waals surface area contributed by atoms with Crippen molar-refractivity contribution in [3.05, 3.63) is 59.7 Å². The van der Waals surface area contributed by atoms with Gasteiger partial charge in [0.05, 0.1) is 14.2 Å². The molecular formula is C17H17NO3. The molecule has 0 atom stereocenters. The highest BCUT2D eigenvalue weighted by atomic mass is 16.5. The minimum Gasteiger partial charge on any atom is -0.493 e. The summed E-state index contributed by atoms with van der Waals surface area (Å²) in [6, 6.07) is 14.7. The molecule has 0 radical (unpaired) electrons. The maximum atomic E-state index is 11.7. The fourth-order valence-corrected chi connectivity index (χ4v) is 2.02. The summed E-state index contributed by atoms with van der Waals surface area (Å²) in [5.74, 6) is 0.758. The van der Waals surface area contributed by atoms with Gasteiger partial charge in [-0.15, -0.1) is 0 Å². The molecule has 0 saturated carbocycles. The van der Waals surface area contributed by atoms with E-state index in [9.17, 15) is 4.79 Å². The number of benzene rings is 2. The second kappa shape index (κ2) is 6.61. The fraction of sp³-hybridized carbons (Fsp3) is 0.118. The van der Waals surface area contributed by atoms with Gasteiger partial charge >= 0.3 is 0 Å². The number of amides is 1. The first-order chi connectivity index (χ1) is 10.2. The molecular weight excluding hydrogens is 266 g/mol.